The zero-order valence-electron chi connectivity index (χ0n) is 7.49. The Morgan fingerprint density at radius 2 is 2.42 bits per heavy atom. The number of hydrogen-bond donors (Lipinski definition) is 1. The Morgan fingerprint density at radius 3 is 2.92 bits per heavy atom. The van der Waals surface area contributed by atoms with Crippen LogP contribution in [0.1, 0.15) is 13.3 Å². The van der Waals surface area contributed by atoms with E-state index in [0.29, 0.717) is 12.5 Å². The van der Waals surface area contributed by atoms with Crippen LogP contribution in [-0.4, -0.2) is 42.4 Å². The average molecular weight is 173 g/mol. The largest absolute Gasteiger partial charge is 0.453 e. The van der Waals surface area contributed by atoms with Crippen LogP contribution in [0.5, 0.6) is 0 Å². The standard InChI is InChI=1S/C8H15NO3/c1-6-3-7(5-10)9(4-6)8(11)12-2/h6-7,10H,3-5H2,1-2H3/t6-,7-/m1/s1. The van der Waals surface area contributed by atoms with Crippen molar-refractivity contribution in [2.75, 3.05) is 20.3 Å². The van der Waals surface area contributed by atoms with Crippen LogP contribution in [0.15, 0.2) is 0 Å². The molecule has 1 fully saturated rings. The Balaban J connectivity index is 2.57. The molecule has 1 N–H and O–H groups in total. The molecule has 12 heavy (non-hydrogen) atoms. The molecule has 0 spiro atoms. The summed E-state index contributed by atoms with van der Waals surface area (Å²) in [5.41, 5.74) is 0. The molecule has 0 aromatic rings. The van der Waals surface area contributed by atoms with E-state index in [1.54, 1.807) is 4.90 Å². The summed E-state index contributed by atoms with van der Waals surface area (Å²) in [5, 5.41) is 8.95. The Labute approximate surface area is 72.1 Å². The minimum Gasteiger partial charge on any atom is -0.453 e. The molecule has 70 valence electrons. The van der Waals surface area contributed by atoms with Crippen LogP contribution in [0.4, 0.5) is 4.79 Å². The lowest BCUT2D eigenvalue weighted by molar-refractivity contribution is 0.101. The van der Waals surface area contributed by atoms with Gasteiger partial charge in [0.25, 0.3) is 0 Å². The minimum atomic E-state index is -0.335. The third kappa shape index (κ3) is 1.69. The second kappa shape index (κ2) is 3.76. The third-order valence-corrected chi connectivity index (χ3v) is 2.24. The van der Waals surface area contributed by atoms with E-state index in [1.165, 1.54) is 7.11 Å². The molecule has 0 saturated carbocycles. The molecule has 1 heterocycles. The maximum absolute atomic E-state index is 11.1. The summed E-state index contributed by atoms with van der Waals surface area (Å²) in [5.74, 6) is 0.459. The van der Waals surface area contributed by atoms with Gasteiger partial charge in [0.1, 0.15) is 0 Å². The van der Waals surface area contributed by atoms with Gasteiger partial charge in [0, 0.05) is 6.54 Å². The van der Waals surface area contributed by atoms with Gasteiger partial charge in [0.05, 0.1) is 19.8 Å². The van der Waals surface area contributed by atoms with E-state index < -0.39 is 0 Å². The predicted octanol–water partition coefficient (Wildman–Crippen LogP) is 0.455. The summed E-state index contributed by atoms with van der Waals surface area (Å²) in [6, 6.07) is -0.0487. The second-order valence-corrected chi connectivity index (χ2v) is 3.30. The van der Waals surface area contributed by atoms with E-state index in [0.717, 1.165) is 6.42 Å². The van der Waals surface area contributed by atoms with Crippen LogP contribution >= 0.6 is 0 Å². The summed E-state index contributed by atoms with van der Waals surface area (Å²) < 4.78 is 4.59. The SMILES string of the molecule is COC(=O)N1C[C@H](C)C[C@@H]1CO. The number of carbonyl (C=O) groups excluding carboxylic acids is 1. The van der Waals surface area contributed by atoms with E-state index >= 15 is 0 Å². The Kier molecular flexibility index (Phi) is 2.92. The Hall–Kier alpha value is -0.770. The number of nitrogens with zero attached hydrogens (tertiary/aromatic N) is 1. The van der Waals surface area contributed by atoms with Crippen LogP contribution in [-0.2, 0) is 4.74 Å². The first kappa shape index (κ1) is 9.32. The van der Waals surface area contributed by atoms with Crippen molar-refractivity contribution in [2.45, 2.75) is 19.4 Å². The quantitative estimate of drug-likeness (QED) is 0.626. The molecule has 0 aliphatic carbocycles. The van der Waals surface area contributed by atoms with E-state index in [1.807, 2.05) is 0 Å². The van der Waals surface area contributed by atoms with Gasteiger partial charge in [-0.3, -0.25) is 0 Å². The number of ether oxygens (including phenoxy) is 1. The maximum atomic E-state index is 11.1. The number of rotatable bonds is 1. The number of carbonyl (C=O) groups is 1. The van der Waals surface area contributed by atoms with Crippen LogP contribution in [0.2, 0.25) is 0 Å². The lowest BCUT2D eigenvalue weighted by Gasteiger charge is -2.20. The van der Waals surface area contributed by atoms with Crippen molar-refractivity contribution >= 4 is 6.09 Å². The lowest BCUT2D eigenvalue weighted by atomic mass is 10.1. The van der Waals surface area contributed by atoms with Crippen LogP contribution < -0.4 is 0 Å². The molecule has 0 bridgehead atoms. The first-order valence-corrected chi connectivity index (χ1v) is 4.14. The number of amides is 1. The van der Waals surface area contributed by atoms with Crippen LogP contribution in [0, 0.1) is 5.92 Å². The van der Waals surface area contributed by atoms with Gasteiger partial charge in [-0.25, -0.2) is 4.79 Å². The molecule has 0 aromatic carbocycles. The number of aliphatic hydroxyl groups excluding tert-OH is 1. The van der Waals surface area contributed by atoms with Crippen LogP contribution in [0.3, 0.4) is 0 Å². The molecular weight excluding hydrogens is 158 g/mol. The molecule has 4 heteroatoms. The Morgan fingerprint density at radius 1 is 1.75 bits per heavy atom. The zero-order chi connectivity index (χ0) is 9.14. The molecule has 1 saturated heterocycles. The normalized spacial score (nSPS) is 29.1. The van der Waals surface area contributed by atoms with Gasteiger partial charge >= 0.3 is 6.09 Å². The molecule has 0 radical (unpaired) electrons. The maximum Gasteiger partial charge on any atom is 0.409 e. The molecule has 1 rings (SSSR count). The number of likely N-dealkylation sites (tertiary alicyclic amines) is 1. The van der Waals surface area contributed by atoms with Gasteiger partial charge in [-0.2, -0.15) is 0 Å². The predicted molar refractivity (Wildman–Crippen MR) is 43.8 cm³/mol. The first-order valence-electron chi connectivity index (χ1n) is 4.14. The molecule has 0 unspecified atom stereocenters. The van der Waals surface area contributed by atoms with Crippen molar-refractivity contribution in [1.82, 2.24) is 4.90 Å². The topological polar surface area (TPSA) is 49.8 Å². The van der Waals surface area contributed by atoms with E-state index in [-0.39, 0.29) is 18.7 Å². The highest BCUT2D eigenvalue weighted by atomic mass is 16.5. The highest BCUT2D eigenvalue weighted by molar-refractivity contribution is 5.68. The summed E-state index contributed by atoms with van der Waals surface area (Å²) in [6.07, 6.45) is 0.532. The number of methoxy groups -OCH3 is 1. The average Bonchev–Trinajstić information content (AvgIpc) is 2.45. The van der Waals surface area contributed by atoms with Gasteiger partial charge in [0.15, 0.2) is 0 Å². The first-order chi connectivity index (χ1) is 5.69. The summed E-state index contributed by atoms with van der Waals surface area (Å²) in [7, 11) is 1.36. The number of aliphatic hydroxyl groups is 1. The molecule has 1 aliphatic heterocycles. The third-order valence-electron chi connectivity index (χ3n) is 2.24. The van der Waals surface area contributed by atoms with Crippen molar-refractivity contribution in [3.8, 4) is 0 Å². The molecule has 1 aliphatic rings. The fourth-order valence-corrected chi connectivity index (χ4v) is 1.67. The Bertz CT molecular complexity index is 172. The zero-order valence-corrected chi connectivity index (χ0v) is 7.49. The summed E-state index contributed by atoms with van der Waals surface area (Å²) >= 11 is 0. The molecule has 2 atom stereocenters. The van der Waals surface area contributed by atoms with Crippen molar-refractivity contribution in [3.05, 3.63) is 0 Å². The summed E-state index contributed by atoms with van der Waals surface area (Å²) in [4.78, 5) is 12.7. The fraction of sp³-hybridized carbons (Fsp3) is 0.875. The van der Waals surface area contributed by atoms with Gasteiger partial charge in [0.2, 0.25) is 0 Å². The number of hydrogen-bond acceptors (Lipinski definition) is 3. The fourth-order valence-electron chi connectivity index (χ4n) is 1.67. The van der Waals surface area contributed by atoms with Crippen molar-refractivity contribution < 1.29 is 14.6 Å². The van der Waals surface area contributed by atoms with Crippen LogP contribution in [0.25, 0.3) is 0 Å². The van der Waals surface area contributed by atoms with E-state index in [4.69, 9.17) is 5.11 Å². The van der Waals surface area contributed by atoms with Crippen molar-refractivity contribution in [1.29, 1.82) is 0 Å². The molecular formula is C8H15NO3. The smallest absolute Gasteiger partial charge is 0.409 e. The van der Waals surface area contributed by atoms with Gasteiger partial charge < -0.3 is 14.7 Å². The summed E-state index contributed by atoms with van der Waals surface area (Å²) in [6.45, 7) is 2.78. The monoisotopic (exact) mass is 173 g/mol. The van der Waals surface area contributed by atoms with Gasteiger partial charge in [-0.15, -0.1) is 0 Å². The highest BCUT2D eigenvalue weighted by Crippen LogP contribution is 2.22. The highest BCUT2D eigenvalue weighted by Gasteiger charge is 2.32. The molecule has 4 nitrogen and oxygen atoms in total. The van der Waals surface area contributed by atoms with Gasteiger partial charge in [-0.05, 0) is 12.3 Å². The molecule has 1 amide bonds. The second-order valence-electron chi connectivity index (χ2n) is 3.30. The van der Waals surface area contributed by atoms with Gasteiger partial charge in [-0.1, -0.05) is 6.92 Å². The lowest BCUT2D eigenvalue weighted by Crippen LogP contribution is -2.37. The molecule has 0 aromatic heterocycles. The minimum absolute atomic E-state index is 0.0272. The van der Waals surface area contributed by atoms with E-state index in [9.17, 15) is 4.79 Å². The van der Waals surface area contributed by atoms with Crippen molar-refractivity contribution in [3.63, 3.8) is 0 Å². The van der Waals surface area contributed by atoms with E-state index in [2.05, 4.69) is 11.7 Å². The van der Waals surface area contributed by atoms with Crippen molar-refractivity contribution in [2.24, 2.45) is 5.92 Å².